The summed E-state index contributed by atoms with van der Waals surface area (Å²) < 4.78 is 1.41. The lowest BCUT2D eigenvalue weighted by Crippen LogP contribution is -2.05. The molecule has 2 rings (SSSR count). The van der Waals surface area contributed by atoms with Gasteiger partial charge in [0.05, 0.1) is 11.5 Å². The van der Waals surface area contributed by atoms with Gasteiger partial charge in [0.15, 0.2) is 5.69 Å². The zero-order valence-corrected chi connectivity index (χ0v) is 11.2. The molecule has 0 amide bonds. The molecule has 0 saturated heterocycles. The Morgan fingerprint density at radius 1 is 1.43 bits per heavy atom. The first-order valence-corrected chi connectivity index (χ1v) is 5.96. The summed E-state index contributed by atoms with van der Waals surface area (Å²) in [4.78, 5) is 21.4. The Morgan fingerprint density at radius 2 is 2.05 bits per heavy atom. The third-order valence-electron chi connectivity index (χ3n) is 2.71. The number of nitrogens with zero attached hydrogens (tertiary/aromatic N) is 4. The Morgan fingerprint density at radius 3 is 2.52 bits per heavy atom. The standard InChI is InChI=1S/C13H12N4O4/c1-8(2)7-16-12(11(13(18)19)14-15-16)9-3-5-10(6-4-9)17(20)21/h3-6H,1,7H2,2H3,(H,18,19). The number of nitro benzene ring substituents is 1. The highest BCUT2D eigenvalue weighted by molar-refractivity contribution is 5.92. The van der Waals surface area contributed by atoms with Crippen LogP contribution in [0.5, 0.6) is 0 Å². The van der Waals surface area contributed by atoms with E-state index in [2.05, 4.69) is 16.9 Å². The molecule has 0 unspecified atom stereocenters. The molecule has 0 aliphatic carbocycles. The van der Waals surface area contributed by atoms with Crippen LogP contribution in [0.25, 0.3) is 11.3 Å². The van der Waals surface area contributed by atoms with Crippen molar-refractivity contribution >= 4 is 11.7 Å². The lowest BCUT2D eigenvalue weighted by molar-refractivity contribution is -0.384. The van der Waals surface area contributed by atoms with E-state index in [1.165, 1.54) is 28.9 Å². The summed E-state index contributed by atoms with van der Waals surface area (Å²) >= 11 is 0. The predicted octanol–water partition coefficient (Wildman–Crippen LogP) is 2.13. The second-order valence-corrected chi connectivity index (χ2v) is 4.51. The number of carboxylic acid groups (broad SMARTS) is 1. The van der Waals surface area contributed by atoms with E-state index < -0.39 is 10.9 Å². The number of allylic oxidation sites excluding steroid dienone is 1. The Balaban J connectivity index is 2.54. The number of non-ortho nitro benzene ring substituents is 1. The lowest BCUT2D eigenvalue weighted by Gasteiger charge is -2.06. The van der Waals surface area contributed by atoms with Crippen molar-refractivity contribution in [3.05, 3.63) is 52.2 Å². The van der Waals surface area contributed by atoms with Crippen molar-refractivity contribution < 1.29 is 14.8 Å². The van der Waals surface area contributed by atoms with Crippen LogP contribution in [0.3, 0.4) is 0 Å². The van der Waals surface area contributed by atoms with Crippen LogP contribution < -0.4 is 0 Å². The van der Waals surface area contributed by atoms with Crippen molar-refractivity contribution in [3.63, 3.8) is 0 Å². The van der Waals surface area contributed by atoms with E-state index in [0.717, 1.165) is 5.57 Å². The molecule has 1 heterocycles. The molecule has 0 aliphatic heterocycles. The summed E-state index contributed by atoms with van der Waals surface area (Å²) in [5, 5.41) is 27.3. The number of benzene rings is 1. The number of carboxylic acids is 1. The van der Waals surface area contributed by atoms with E-state index in [1.54, 1.807) is 6.92 Å². The van der Waals surface area contributed by atoms with Crippen LogP contribution in [0.1, 0.15) is 17.4 Å². The van der Waals surface area contributed by atoms with E-state index >= 15 is 0 Å². The minimum absolute atomic E-state index is 0.0745. The van der Waals surface area contributed by atoms with Gasteiger partial charge in [-0.2, -0.15) is 0 Å². The molecule has 1 N–H and O–H groups in total. The van der Waals surface area contributed by atoms with Gasteiger partial charge >= 0.3 is 5.97 Å². The Labute approximate surface area is 119 Å². The molecule has 0 aliphatic rings. The average molecular weight is 288 g/mol. The predicted molar refractivity (Wildman–Crippen MR) is 73.9 cm³/mol. The highest BCUT2D eigenvalue weighted by Crippen LogP contribution is 2.25. The van der Waals surface area contributed by atoms with Crippen LogP contribution in [0, 0.1) is 10.1 Å². The smallest absolute Gasteiger partial charge is 0.358 e. The van der Waals surface area contributed by atoms with Crippen molar-refractivity contribution in [2.75, 3.05) is 0 Å². The molecule has 0 atom stereocenters. The molecule has 21 heavy (non-hydrogen) atoms. The quantitative estimate of drug-likeness (QED) is 0.512. The molecule has 0 bridgehead atoms. The van der Waals surface area contributed by atoms with E-state index in [-0.39, 0.29) is 11.4 Å². The van der Waals surface area contributed by atoms with Gasteiger partial charge in [-0.3, -0.25) is 10.1 Å². The third-order valence-corrected chi connectivity index (χ3v) is 2.71. The normalized spacial score (nSPS) is 10.3. The minimum atomic E-state index is -1.21. The Bertz CT molecular complexity index is 718. The molecular weight excluding hydrogens is 276 g/mol. The molecule has 1 aromatic carbocycles. The number of nitro groups is 1. The zero-order valence-electron chi connectivity index (χ0n) is 11.2. The van der Waals surface area contributed by atoms with Crippen molar-refractivity contribution in [1.29, 1.82) is 0 Å². The molecule has 0 fully saturated rings. The van der Waals surface area contributed by atoms with Crippen LogP contribution in [0.4, 0.5) is 5.69 Å². The van der Waals surface area contributed by atoms with Crippen LogP contribution in [0.15, 0.2) is 36.4 Å². The van der Waals surface area contributed by atoms with Crippen LogP contribution in [0.2, 0.25) is 0 Å². The number of hydrogen-bond acceptors (Lipinski definition) is 5. The van der Waals surface area contributed by atoms with Gasteiger partial charge in [-0.05, 0) is 19.1 Å². The SMILES string of the molecule is C=C(C)Cn1nnc(C(=O)O)c1-c1ccc([N+](=O)[O-])cc1. The maximum Gasteiger partial charge on any atom is 0.358 e. The monoisotopic (exact) mass is 288 g/mol. The van der Waals surface area contributed by atoms with E-state index in [4.69, 9.17) is 0 Å². The second kappa shape index (κ2) is 5.53. The van der Waals surface area contributed by atoms with Crippen molar-refractivity contribution in [2.24, 2.45) is 0 Å². The average Bonchev–Trinajstić information content (AvgIpc) is 2.81. The largest absolute Gasteiger partial charge is 0.476 e. The summed E-state index contributed by atoms with van der Waals surface area (Å²) in [5.41, 5.74) is 1.28. The first-order valence-electron chi connectivity index (χ1n) is 5.96. The topological polar surface area (TPSA) is 111 Å². The fourth-order valence-corrected chi connectivity index (χ4v) is 1.85. The molecule has 8 nitrogen and oxygen atoms in total. The number of carbonyl (C=O) groups is 1. The zero-order chi connectivity index (χ0) is 15.6. The highest BCUT2D eigenvalue weighted by atomic mass is 16.6. The summed E-state index contributed by atoms with van der Waals surface area (Å²) in [5.74, 6) is -1.21. The number of aromatic carboxylic acids is 1. The molecule has 108 valence electrons. The van der Waals surface area contributed by atoms with Crippen LogP contribution in [-0.2, 0) is 6.54 Å². The van der Waals surface area contributed by atoms with Gasteiger partial charge < -0.3 is 5.11 Å². The maximum atomic E-state index is 11.2. The van der Waals surface area contributed by atoms with Gasteiger partial charge in [-0.15, -0.1) is 5.10 Å². The Hall–Kier alpha value is -3.03. The molecular formula is C13H12N4O4. The minimum Gasteiger partial charge on any atom is -0.476 e. The fourth-order valence-electron chi connectivity index (χ4n) is 1.85. The summed E-state index contributed by atoms with van der Waals surface area (Å²) in [6, 6.07) is 5.55. The van der Waals surface area contributed by atoms with Crippen LogP contribution in [-0.4, -0.2) is 31.0 Å². The second-order valence-electron chi connectivity index (χ2n) is 4.51. The van der Waals surface area contributed by atoms with Crippen LogP contribution >= 0.6 is 0 Å². The third kappa shape index (κ3) is 2.94. The molecule has 0 saturated carbocycles. The van der Waals surface area contributed by atoms with Gasteiger partial charge in [0.1, 0.15) is 5.69 Å². The van der Waals surface area contributed by atoms with Gasteiger partial charge in [0, 0.05) is 17.7 Å². The summed E-state index contributed by atoms with van der Waals surface area (Å²) in [7, 11) is 0. The molecule has 0 spiro atoms. The molecule has 8 heteroatoms. The first-order chi connectivity index (χ1) is 9.90. The summed E-state index contributed by atoms with van der Waals surface area (Å²) in [6.07, 6.45) is 0. The molecule has 0 radical (unpaired) electrons. The Kier molecular flexibility index (Phi) is 3.79. The number of rotatable bonds is 5. The molecule has 2 aromatic rings. The van der Waals surface area contributed by atoms with Crippen molar-refractivity contribution in [1.82, 2.24) is 15.0 Å². The van der Waals surface area contributed by atoms with E-state index in [0.29, 0.717) is 17.8 Å². The van der Waals surface area contributed by atoms with Crippen molar-refractivity contribution in [3.8, 4) is 11.3 Å². The van der Waals surface area contributed by atoms with Crippen molar-refractivity contribution in [2.45, 2.75) is 13.5 Å². The van der Waals surface area contributed by atoms with Gasteiger partial charge in [0.2, 0.25) is 0 Å². The van der Waals surface area contributed by atoms with E-state index in [9.17, 15) is 20.0 Å². The van der Waals surface area contributed by atoms with E-state index in [1.807, 2.05) is 0 Å². The summed E-state index contributed by atoms with van der Waals surface area (Å²) in [6.45, 7) is 5.84. The number of hydrogen-bond donors (Lipinski definition) is 1. The fraction of sp³-hybridized carbons (Fsp3) is 0.154. The van der Waals surface area contributed by atoms with Gasteiger partial charge in [0.25, 0.3) is 5.69 Å². The van der Waals surface area contributed by atoms with Gasteiger partial charge in [-0.1, -0.05) is 17.4 Å². The maximum absolute atomic E-state index is 11.2. The highest BCUT2D eigenvalue weighted by Gasteiger charge is 2.21. The van der Waals surface area contributed by atoms with Gasteiger partial charge in [-0.25, -0.2) is 9.48 Å². The number of aromatic nitrogens is 3. The first kappa shape index (κ1) is 14.4. The lowest BCUT2D eigenvalue weighted by atomic mass is 10.1. The molecule has 1 aromatic heterocycles.